The summed E-state index contributed by atoms with van der Waals surface area (Å²) >= 11 is 0. The second-order valence-electron chi connectivity index (χ2n) is 8.83. The van der Waals surface area contributed by atoms with E-state index in [4.69, 9.17) is 4.74 Å². The van der Waals surface area contributed by atoms with E-state index in [0.717, 1.165) is 84.3 Å². The number of likely N-dealkylation sites (tertiary alicyclic amines) is 2. The van der Waals surface area contributed by atoms with E-state index < -0.39 is 0 Å². The fourth-order valence-electron chi connectivity index (χ4n) is 5.73. The molecule has 3 aliphatic heterocycles. The van der Waals surface area contributed by atoms with Crippen molar-refractivity contribution in [1.82, 2.24) is 9.80 Å². The van der Waals surface area contributed by atoms with E-state index in [-0.39, 0.29) is 17.4 Å². The first-order chi connectivity index (χ1) is 12.2. The van der Waals surface area contributed by atoms with Gasteiger partial charge in [0.1, 0.15) is 0 Å². The molecule has 3 heterocycles. The van der Waals surface area contributed by atoms with Gasteiger partial charge in [0.15, 0.2) is 0 Å². The van der Waals surface area contributed by atoms with Crippen molar-refractivity contribution in [1.29, 1.82) is 0 Å². The van der Waals surface area contributed by atoms with Crippen LogP contribution in [0.25, 0.3) is 0 Å². The maximum absolute atomic E-state index is 12.9. The normalized spacial score (nSPS) is 36.2. The van der Waals surface area contributed by atoms with Gasteiger partial charge in [0.05, 0.1) is 6.10 Å². The first kappa shape index (κ1) is 17.7. The Labute approximate surface area is 151 Å². The van der Waals surface area contributed by atoms with Crippen molar-refractivity contribution in [3.05, 3.63) is 0 Å². The molecule has 142 valence electrons. The van der Waals surface area contributed by atoms with Crippen LogP contribution in [0.2, 0.25) is 0 Å². The molecule has 1 spiro atoms. The van der Waals surface area contributed by atoms with Crippen LogP contribution in [-0.2, 0) is 9.53 Å². The average Bonchev–Trinajstić information content (AvgIpc) is 3.19. The minimum absolute atomic E-state index is 0.108. The number of carbonyl (C=O) groups is 1. The fraction of sp³-hybridized carbons (Fsp3) is 0.950. The van der Waals surface area contributed by atoms with E-state index in [1.165, 1.54) is 12.8 Å². The molecular formula is C20H34N2O3. The molecule has 0 aromatic carbocycles. The lowest BCUT2D eigenvalue weighted by atomic mass is 9.71. The third-order valence-corrected chi connectivity index (χ3v) is 7.25. The minimum atomic E-state index is -0.261. The number of amides is 1. The molecule has 0 aromatic heterocycles. The zero-order valence-electron chi connectivity index (χ0n) is 15.5. The quantitative estimate of drug-likeness (QED) is 0.828. The lowest BCUT2D eigenvalue weighted by Crippen LogP contribution is -2.62. The van der Waals surface area contributed by atoms with E-state index in [2.05, 4.69) is 9.80 Å². The predicted molar refractivity (Wildman–Crippen MR) is 96.2 cm³/mol. The van der Waals surface area contributed by atoms with Crippen LogP contribution in [0.5, 0.6) is 0 Å². The van der Waals surface area contributed by atoms with Crippen molar-refractivity contribution in [2.24, 2.45) is 11.3 Å². The third-order valence-electron chi connectivity index (χ3n) is 7.25. The van der Waals surface area contributed by atoms with Gasteiger partial charge in [0.25, 0.3) is 0 Å². The fourth-order valence-corrected chi connectivity index (χ4v) is 5.73. The summed E-state index contributed by atoms with van der Waals surface area (Å²) in [5.74, 6) is 0.620. The first-order valence-corrected chi connectivity index (χ1v) is 10.5. The molecular weight excluding hydrogens is 316 g/mol. The Kier molecular flexibility index (Phi) is 5.35. The lowest BCUT2D eigenvalue weighted by Gasteiger charge is -2.53. The van der Waals surface area contributed by atoms with E-state index in [1.807, 2.05) is 0 Å². The second kappa shape index (κ2) is 7.53. The molecule has 1 amide bonds. The molecule has 2 atom stereocenters. The highest BCUT2D eigenvalue weighted by Crippen LogP contribution is 2.41. The molecule has 1 aliphatic carbocycles. The Bertz CT molecular complexity index is 474. The van der Waals surface area contributed by atoms with Gasteiger partial charge in [-0.15, -0.1) is 0 Å². The number of aliphatic hydroxyl groups excluding tert-OH is 1. The van der Waals surface area contributed by atoms with Crippen LogP contribution in [0.1, 0.15) is 57.8 Å². The molecule has 1 N–H and O–H groups in total. The van der Waals surface area contributed by atoms with Crippen molar-refractivity contribution in [2.75, 3.05) is 39.4 Å². The number of hydrogen-bond acceptors (Lipinski definition) is 4. The summed E-state index contributed by atoms with van der Waals surface area (Å²) in [6.07, 6.45) is 9.45. The number of carbonyl (C=O) groups excluding carboxylic acids is 1. The summed E-state index contributed by atoms with van der Waals surface area (Å²) in [7, 11) is 0. The zero-order chi connectivity index (χ0) is 17.3. The molecule has 25 heavy (non-hydrogen) atoms. The minimum Gasteiger partial charge on any atom is -0.392 e. The van der Waals surface area contributed by atoms with Crippen molar-refractivity contribution in [3.63, 3.8) is 0 Å². The van der Waals surface area contributed by atoms with Crippen LogP contribution in [0.15, 0.2) is 0 Å². The molecule has 3 saturated heterocycles. The SMILES string of the molecule is O=C(C1CCCC1)N1CCC[C@]2(C1)CN(C1CCOCC1)CC[C@H]2O. The van der Waals surface area contributed by atoms with Gasteiger partial charge in [-0.3, -0.25) is 9.69 Å². The Morgan fingerprint density at radius 3 is 2.48 bits per heavy atom. The molecule has 1 saturated carbocycles. The second-order valence-corrected chi connectivity index (χ2v) is 8.83. The van der Waals surface area contributed by atoms with Gasteiger partial charge >= 0.3 is 0 Å². The van der Waals surface area contributed by atoms with E-state index >= 15 is 0 Å². The van der Waals surface area contributed by atoms with E-state index in [0.29, 0.717) is 11.9 Å². The Balaban J connectivity index is 1.45. The van der Waals surface area contributed by atoms with E-state index in [1.54, 1.807) is 0 Å². The molecule has 5 nitrogen and oxygen atoms in total. The number of aliphatic hydroxyl groups is 1. The summed E-state index contributed by atoms with van der Waals surface area (Å²) in [5, 5.41) is 10.9. The smallest absolute Gasteiger partial charge is 0.225 e. The van der Waals surface area contributed by atoms with Gasteiger partial charge in [-0.25, -0.2) is 0 Å². The van der Waals surface area contributed by atoms with E-state index in [9.17, 15) is 9.90 Å². The monoisotopic (exact) mass is 350 g/mol. The Hall–Kier alpha value is -0.650. The summed E-state index contributed by atoms with van der Waals surface area (Å²) in [4.78, 5) is 17.6. The van der Waals surface area contributed by atoms with Gasteiger partial charge in [-0.1, -0.05) is 12.8 Å². The molecule has 0 bridgehead atoms. The number of ether oxygens (including phenoxy) is 1. The largest absolute Gasteiger partial charge is 0.392 e. The zero-order valence-corrected chi connectivity index (χ0v) is 15.5. The molecule has 4 aliphatic rings. The first-order valence-electron chi connectivity index (χ1n) is 10.5. The molecule has 0 unspecified atom stereocenters. The number of piperidine rings is 2. The molecule has 5 heteroatoms. The highest BCUT2D eigenvalue weighted by Gasteiger charge is 2.48. The number of nitrogens with zero attached hydrogens (tertiary/aromatic N) is 2. The summed E-state index contributed by atoms with van der Waals surface area (Å²) < 4.78 is 5.53. The van der Waals surface area contributed by atoms with Crippen molar-refractivity contribution < 1.29 is 14.6 Å². The van der Waals surface area contributed by atoms with Gasteiger partial charge in [0.2, 0.25) is 5.91 Å². The van der Waals surface area contributed by atoms with Crippen molar-refractivity contribution >= 4 is 5.91 Å². The predicted octanol–water partition coefficient (Wildman–Crippen LogP) is 2.03. The van der Waals surface area contributed by atoms with Gasteiger partial charge in [-0.2, -0.15) is 0 Å². The third kappa shape index (κ3) is 3.60. The summed E-state index contributed by atoms with van der Waals surface area (Å²) in [6.45, 7) is 5.33. The van der Waals surface area contributed by atoms with Crippen molar-refractivity contribution in [2.45, 2.75) is 69.9 Å². The van der Waals surface area contributed by atoms with Crippen molar-refractivity contribution in [3.8, 4) is 0 Å². The van der Waals surface area contributed by atoms with Crippen LogP contribution in [0.4, 0.5) is 0 Å². The Morgan fingerprint density at radius 2 is 1.72 bits per heavy atom. The van der Waals surface area contributed by atoms with Gasteiger partial charge < -0.3 is 14.7 Å². The van der Waals surface area contributed by atoms with Gasteiger partial charge in [0, 0.05) is 56.8 Å². The standard InChI is InChI=1S/C20H34N2O3/c23-18-6-11-21(17-7-12-25-13-8-17)14-20(18)9-3-10-22(15-20)19(24)16-4-1-2-5-16/h16-18,23H,1-15H2/t18-,20-/m1/s1. The molecule has 4 fully saturated rings. The molecule has 0 aromatic rings. The highest BCUT2D eigenvalue weighted by atomic mass is 16.5. The maximum Gasteiger partial charge on any atom is 0.225 e. The summed E-state index contributed by atoms with van der Waals surface area (Å²) in [6, 6.07) is 0.596. The lowest BCUT2D eigenvalue weighted by molar-refractivity contribution is -0.147. The number of hydrogen-bond donors (Lipinski definition) is 1. The van der Waals surface area contributed by atoms with Crippen LogP contribution in [-0.4, -0.2) is 72.4 Å². The maximum atomic E-state index is 12.9. The molecule has 0 radical (unpaired) electrons. The van der Waals surface area contributed by atoms with Crippen LogP contribution >= 0.6 is 0 Å². The summed E-state index contributed by atoms with van der Waals surface area (Å²) in [5.41, 5.74) is -0.108. The van der Waals surface area contributed by atoms with Gasteiger partial charge in [-0.05, 0) is 44.9 Å². The Morgan fingerprint density at radius 1 is 0.960 bits per heavy atom. The van der Waals surface area contributed by atoms with Crippen LogP contribution in [0.3, 0.4) is 0 Å². The highest BCUT2D eigenvalue weighted by molar-refractivity contribution is 5.79. The topological polar surface area (TPSA) is 53.0 Å². The van der Waals surface area contributed by atoms with Crippen LogP contribution < -0.4 is 0 Å². The van der Waals surface area contributed by atoms with Crippen LogP contribution in [0, 0.1) is 11.3 Å². The number of rotatable bonds is 2. The molecule has 4 rings (SSSR count). The average molecular weight is 351 g/mol.